The fraction of sp³-hybridized carbons (Fsp3) is 1.00. The standard InChI is InChI=1S/C10H16O2/c1-6-4-7-5-12-10-9(7)8(6)2-3-11-10/h6-10H,2-5H2,1H3/t6-,7-,8-,9+,10+/m0/s1. The fourth-order valence-corrected chi connectivity index (χ4v) is 3.43. The number of rotatable bonds is 0. The third kappa shape index (κ3) is 0.826. The van der Waals surface area contributed by atoms with E-state index in [9.17, 15) is 0 Å². The molecule has 0 bridgehead atoms. The zero-order valence-corrected chi connectivity index (χ0v) is 7.53. The van der Waals surface area contributed by atoms with E-state index in [1.165, 1.54) is 12.8 Å². The van der Waals surface area contributed by atoms with Crippen LogP contribution in [0.3, 0.4) is 0 Å². The molecule has 3 rings (SSSR count). The van der Waals surface area contributed by atoms with Crippen molar-refractivity contribution in [3.05, 3.63) is 0 Å². The van der Waals surface area contributed by atoms with Crippen molar-refractivity contribution >= 4 is 0 Å². The lowest BCUT2D eigenvalue weighted by molar-refractivity contribution is -0.168. The average Bonchev–Trinajstić information content (AvgIpc) is 2.61. The summed E-state index contributed by atoms with van der Waals surface area (Å²) in [7, 11) is 0. The van der Waals surface area contributed by atoms with E-state index in [2.05, 4.69) is 6.92 Å². The molecule has 0 aromatic rings. The zero-order valence-electron chi connectivity index (χ0n) is 7.53. The van der Waals surface area contributed by atoms with Crippen LogP contribution < -0.4 is 0 Å². The van der Waals surface area contributed by atoms with Crippen LogP contribution in [0.2, 0.25) is 0 Å². The summed E-state index contributed by atoms with van der Waals surface area (Å²) >= 11 is 0. The smallest absolute Gasteiger partial charge is 0.160 e. The van der Waals surface area contributed by atoms with Crippen LogP contribution in [0.25, 0.3) is 0 Å². The van der Waals surface area contributed by atoms with Crippen molar-refractivity contribution in [3.63, 3.8) is 0 Å². The van der Waals surface area contributed by atoms with E-state index in [0.29, 0.717) is 0 Å². The van der Waals surface area contributed by atoms with Crippen LogP contribution in [-0.4, -0.2) is 19.5 Å². The Morgan fingerprint density at radius 2 is 2.17 bits per heavy atom. The first-order chi connectivity index (χ1) is 5.86. The minimum atomic E-state index is 0.165. The molecule has 3 fully saturated rings. The van der Waals surface area contributed by atoms with Crippen molar-refractivity contribution < 1.29 is 9.47 Å². The van der Waals surface area contributed by atoms with Crippen molar-refractivity contribution in [1.29, 1.82) is 0 Å². The van der Waals surface area contributed by atoms with Gasteiger partial charge in [0.2, 0.25) is 0 Å². The van der Waals surface area contributed by atoms with E-state index in [4.69, 9.17) is 9.47 Å². The lowest BCUT2D eigenvalue weighted by atomic mass is 9.84. The summed E-state index contributed by atoms with van der Waals surface area (Å²) in [4.78, 5) is 0. The molecule has 2 heteroatoms. The summed E-state index contributed by atoms with van der Waals surface area (Å²) in [6.45, 7) is 4.27. The van der Waals surface area contributed by atoms with E-state index in [-0.39, 0.29) is 6.29 Å². The van der Waals surface area contributed by atoms with Gasteiger partial charge in [-0.25, -0.2) is 0 Å². The Bertz CT molecular complexity index is 188. The maximum absolute atomic E-state index is 5.62. The predicted octanol–water partition coefficient (Wildman–Crippen LogP) is 1.65. The first-order valence-corrected chi connectivity index (χ1v) is 5.09. The first kappa shape index (κ1) is 7.34. The average molecular weight is 168 g/mol. The Labute approximate surface area is 73.2 Å². The van der Waals surface area contributed by atoms with Crippen LogP contribution in [-0.2, 0) is 9.47 Å². The van der Waals surface area contributed by atoms with Crippen LogP contribution in [0.4, 0.5) is 0 Å². The van der Waals surface area contributed by atoms with Gasteiger partial charge in [-0.2, -0.15) is 0 Å². The second-order valence-corrected chi connectivity index (χ2v) is 4.58. The van der Waals surface area contributed by atoms with Gasteiger partial charge in [-0.3, -0.25) is 0 Å². The molecular weight excluding hydrogens is 152 g/mol. The van der Waals surface area contributed by atoms with Gasteiger partial charge >= 0.3 is 0 Å². The van der Waals surface area contributed by atoms with Crippen molar-refractivity contribution in [2.45, 2.75) is 26.1 Å². The largest absolute Gasteiger partial charge is 0.352 e. The Balaban J connectivity index is 1.89. The molecule has 1 aliphatic carbocycles. The maximum atomic E-state index is 5.62. The van der Waals surface area contributed by atoms with Gasteiger partial charge in [0.1, 0.15) is 0 Å². The molecule has 68 valence electrons. The summed E-state index contributed by atoms with van der Waals surface area (Å²) in [5, 5.41) is 0. The Kier molecular flexibility index (Phi) is 1.50. The van der Waals surface area contributed by atoms with Gasteiger partial charge in [-0.15, -0.1) is 0 Å². The fourth-order valence-electron chi connectivity index (χ4n) is 3.43. The molecule has 0 aromatic heterocycles. The van der Waals surface area contributed by atoms with Gasteiger partial charge < -0.3 is 9.47 Å². The molecule has 2 heterocycles. The van der Waals surface area contributed by atoms with Gasteiger partial charge in [0.25, 0.3) is 0 Å². The number of ether oxygens (including phenoxy) is 2. The normalized spacial score (nSPS) is 57.2. The molecule has 2 nitrogen and oxygen atoms in total. The van der Waals surface area contributed by atoms with E-state index < -0.39 is 0 Å². The predicted molar refractivity (Wildman–Crippen MR) is 44.6 cm³/mol. The minimum Gasteiger partial charge on any atom is -0.352 e. The summed E-state index contributed by atoms with van der Waals surface area (Å²) in [5.41, 5.74) is 0. The molecule has 0 N–H and O–H groups in total. The van der Waals surface area contributed by atoms with Gasteiger partial charge in [-0.1, -0.05) is 6.92 Å². The lowest BCUT2D eigenvalue weighted by Crippen LogP contribution is -2.33. The zero-order chi connectivity index (χ0) is 8.13. The molecule has 2 saturated heterocycles. The van der Waals surface area contributed by atoms with Crippen LogP contribution in [0.5, 0.6) is 0 Å². The van der Waals surface area contributed by atoms with Crippen LogP contribution >= 0.6 is 0 Å². The van der Waals surface area contributed by atoms with Gasteiger partial charge in [0.05, 0.1) is 13.2 Å². The monoisotopic (exact) mass is 168 g/mol. The second kappa shape index (κ2) is 2.46. The van der Waals surface area contributed by atoms with Crippen molar-refractivity contribution in [2.24, 2.45) is 23.7 Å². The Morgan fingerprint density at radius 1 is 1.25 bits per heavy atom. The minimum absolute atomic E-state index is 0.165. The topological polar surface area (TPSA) is 18.5 Å². The van der Waals surface area contributed by atoms with E-state index in [1.807, 2.05) is 0 Å². The molecule has 0 unspecified atom stereocenters. The summed E-state index contributed by atoms with van der Waals surface area (Å²) in [6.07, 6.45) is 2.80. The number of hydrogen-bond donors (Lipinski definition) is 0. The van der Waals surface area contributed by atoms with Crippen molar-refractivity contribution in [3.8, 4) is 0 Å². The van der Waals surface area contributed by atoms with Crippen LogP contribution in [0, 0.1) is 23.7 Å². The van der Waals surface area contributed by atoms with Gasteiger partial charge in [0, 0.05) is 5.92 Å². The molecule has 0 spiro atoms. The lowest BCUT2D eigenvalue weighted by Gasteiger charge is -2.31. The van der Waals surface area contributed by atoms with E-state index in [0.717, 1.165) is 36.9 Å². The molecular formula is C10H16O2. The maximum Gasteiger partial charge on any atom is 0.160 e. The highest BCUT2D eigenvalue weighted by Crippen LogP contribution is 2.51. The Hall–Kier alpha value is -0.0800. The highest BCUT2D eigenvalue weighted by molar-refractivity contribution is 4.95. The molecule has 0 amide bonds. The molecule has 5 atom stereocenters. The summed E-state index contributed by atoms with van der Waals surface area (Å²) < 4.78 is 11.2. The van der Waals surface area contributed by atoms with Gasteiger partial charge in [-0.05, 0) is 30.6 Å². The highest BCUT2D eigenvalue weighted by Gasteiger charge is 2.51. The highest BCUT2D eigenvalue weighted by atomic mass is 16.7. The molecule has 3 aliphatic rings. The number of hydrogen-bond acceptors (Lipinski definition) is 2. The van der Waals surface area contributed by atoms with Crippen LogP contribution in [0.15, 0.2) is 0 Å². The van der Waals surface area contributed by atoms with Crippen molar-refractivity contribution in [1.82, 2.24) is 0 Å². The molecule has 0 aromatic carbocycles. The third-order valence-electron chi connectivity index (χ3n) is 3.97. The van der Waals surface area contributed by atoms with Crippen molar-refractivity contribution in [2.75, 3.05) is 13.2 Å². The first-order valence-electron chi connectivity index (χ1n) is 5.09. The van der Waals surface area contributed by atoms with Gasteiger partial charge in [0.15, 0.2) is 6.29 Å². The van der Waals surface area contributed by atoms with Crippen LogP contribution in [0.1, 0.15) is 19.8 Å². The second-order valence-electron chi connectivity index (χ2n) is 4.58. The Morgan fingerprint density at radius 3 is 3.08 bits per heavy atom. The molecule has 2 aliphatic heterocycles. The SMILES string of the molecule is C[C@H]1C[C@H]2CO[C@H]3OCC[C@@H]1[C@@H]23. The molecule has 0 radical (unpaired) electrons. The third-order valence-corrected chi connectivity index (χ3v) is 3.97. The molecule has 1 saturated carbocycles. The van der Waals surface area contributed by atoms with E-state index in [1.54, 1.807) is 0 Å². The summed E-state index contributed by atoms with van der Waals surface area (Å²) in [5.74, 6) is 3.37. The summed E-state index contributed by atoms with van der Waals surface area (Å²) in [6, 6.07) is 0. The quantitative estimate of drug-likeness (QED) is 0.547. The molecule has 12 heavy (non-hydrogen) atoms. The van der Waals surface area contributed by atoms with E-state index >= 15 is 0 Å².